The van der Waals surface area contributed by atoms with Crippen LogP contribution in [-0.4, -0.2) is 56.3 Å². The summed E-state index contributed by atoms with van der Waals surface area (Å²) in [7, 11) is 0. The molecule has 0 unspecified atom stereocenters. The van der Waals surface area contributed by atoms with E-state index >= 15 is 0 Å². The molecule has 2 atom stereocenters. The highest BCUT2D eigenvalue weighted by Crippen LogP contribution is 2.14. The minimum atomic E-state index is -0.0140. The van der Waals surface area contributed by atoms with Crippen LogP contribution in [0.25, 0.3) is 11.4 Å². The van der Waals surface area contributed by atoms with Gasteiger partial charge in [0.25, 0.3) is 0 Å². The van der Waals surface area contributed by atoms with E-state index in [0.717, 1.165) is 5.56 Å². The van der Waals surface area contributed by atoms with Gasteiger partial charge in [0.2, 0.25) is 11.7 Å². The van der Waals surface area contributed by atoms with E-state index in [2.05, 4.69) is 15.4 Å². The van der Waals surface area contributed by atoms with Crippen LogP contribution >= 0.6 is 0 Å². The van der Waals surface area contributed by atoms with Crippen LogP contribution in [-0.2, 0) is 16.1 Å². The first-order valence-corrected chi connectivity index (χ1v) is 7.79. The maximum absolute atomic E-state index is 12.4. The third-order valence-corrected chi connectivity index (χ3v) is 3.81. The molecule has 0 aliphatic carbocycles. The van der Waals surface area contributed by atoms with Gasteiger partial charge in [0.05, 0.1) is 12.2 Å². The lowest BCUT2D eigenvalue weighted by Gasteiger charge is -2.35. The number of aryl methyl sites for hydroxylation is 1. The lowest BCUT2D eigenvalue weighted by Crippen LogP contribution is -2.49. The maximum atomic E-state index is 12.4. The van der Waals surface area contributed by atoms with E-state index in [1.165, 1.54) is 10.4 Å². The maximum Gasteiger partial charge on any atom is 0.246 e. The van der Waals surface area contributed by atoms with Crippen LogP contribution in [0, 0.1) is 6.92 Å². The van der Waals surface area contributed by atoms with Crippen molar-refractivity contribution in [3.05, 3.63) is 29.8 Å². The van der Waals surface area contributed by atoms with Gasteiger partial charge in [0, 0.05) is 18.7 Å². The Labute approximate surface area is 135 Å². The number of ether oxygens (including phenoxy) is 1. The summed E-state index contributed by atoms with van der Waals surface area (Å²) in [5.41, 5.74) is 2.06. The van der Waals surface area contributed by atoms with Crippen molar-refractivity contribution in [1.29, 1.82) is 0 Å². The molecule has 3 rings (SSSR count). The molecule has 1 aromatic carbocycles. The van der Waals surface area contributed by atoms with E-state index in [9.17, 15) is 4.79 Å². The lowest BCUT2D eigenvalue weighted by molar-refractivity contribution is -0.144. The minimum Gasteiger partial charge on any atom is -0.372 e. The Hall–Kier alpha value is -2.28. The molecule has 2 heterocycles. The van der Waals surface area contributed by atoms with Gasteiger partial charge < -0.3 is 9.64 Å². The highest BCUT2D eigenvalue weighted by Gasteiger charge is 2.26. The Kier molecular flexibility index (Phi) is 4.38. The van der Waals surface area contributed by atoms with Crippen molar-refractivity contribution in [3.63, 3.8) is 0 Å². The molecule has 1 amide bonds. The molecule has 1 aliphatic heterocycles. The average molecular weight is 315 g/mol. The van der Waals surface area contributed by atoms with Gasteiger partial charge in [0.1, 0.15) is 6.54 Å². The first kappa shape index (κ1) is 15.6. The smallest absolute Gasteiger partial charge is 0.246 e. The second-order valence-corrected chi connectivity index (χ2v) is 6.07. The van der Waals surface area contributed by atoms with Crippen molar-refractivity contribution in [1.82, 2.24) is 25.1 Å². The monoisotopic (exact) mass is 315 g/mol. The summed E-state index contributed by atoms with van der Waals surface area (Å²) >= 11 is 0. The van der Waals surface area contributed by atoms with E-state index < -0.39 is 0 Å². The van der Waals surface area contributed by atoms with E-state index in [0.29, 0.717) is 18.9 Å². The van der Waals surface area contributed by atoms with Crippen LogP contribution < -0.4 is 0 Å². The molecule has 7 nitrogen and oxygen atoms in total. The minimum absolute atomic E-state index is 0.0140. The molecule has 0 spiro atoms. The van der Waals surface area contributed by atoms with Crippen LogP contribution in [0.4, 0.5) is 0 Å². The molecule has 23 heavy (non-hydrogen) atoms. The standard InChI is InChI=1S/C16H21N5O2/c1-11-4-6-14(7-5-11)16-17-19-21(18-16)10-15(22)20-8-12(2)23-13(3)9-20/h4-7,12-13H,8-10H2,1-3H3/t12-,13+. The molecular formula is C16H21N5O2. The first-order chi connectivity index (χ1) is 11.0. The zero-order chi connectivity index (χ0) is 16.4. The van der Waals surface area contributed by atoms with Gasteiger partial charge in [-0.3, -0.25) is 4.79 Å². The SMILES string of the molecule is Cc1ccc(-c2nnn(CC(=O)N3C[C@@H](C)O[C@@H](C)C3)n2)cc1. The summed E-state index contributed by atoms with van der Waals surface area (Å²) in [5, 5.41) is 12.3. The fourth-order valence-electron chi connectivity index (χ4n) is 2.73. The second kappa shape index (κ2) is 6.45. The van der Waals surface area contributed by atoms with Crippen molar-refractivity contribution in [2.45, 2.75) is 39.5 Å². The summed E-state index contributed by atoms with van der Waals surface area (Å²) in [6.07, 6.45) is 0.101. The van der Waals surface area contributed by atoms with Gasteiger partial charge in [-0.1, -0.05) is 29.8 Å². The van der Waals surface area contributed by atoms with Crippen LogP contribution in [0.5, 0.6) is 0 Å². The van der Waals surface area contributed by atoms with Gasteiger partial charge in [-0.15, -0.1) is 10.2 Å². The van der Waals surface area contributed by atoms with Crippen molar-refractivity contribution in [2.24, 2.45) is 0 Å². The number of morpholine rings is 1. The molecule has 0 radical (unpaired) electrons. The Morgan fingerprint density at radius 3 is 2.52 bits per heavy atom. The quantitative estimate of drug-likeness (QED) is 0.853. The van der Waals surface area contributed by atoms with Crippen molar-refractivity contribution in [3.8, 4) is 11.4 Å². The summed E-state index contributed by atoms with van der Waals surface area (Å²) in [4.78, 5) is 15.5. The molecule has 0 saturated carbocycles. The van der Waals surface area contributed by atoms with Gasteiger partial charge in [-0.05, 0) is 26.0 Å². The van der Waals surface area contributed by atoms with Gasteiger partial charge in [0.15, 0.2) is 0 Å². The molecule has 7 heteroatoms. The van der Waals surface area contributed by atoms with Gasteiger partial charge in [-0.2, -0.15) is 4.80 Å². The zero-order valence-corrected chi connectivity index (χ0v) is 13.6. The second-order valence-electron chi connectivity index (χ2n) is 6.07. The largest absolute Gasteiger partial charge is 0.372 e. The average Bonchev–Trinajstić information content (AvgIpc) is 2.95. The number of amides is 1. The molecule has 1 aliphatic rings. The Morgan fingerprint density at radius 2 is 1.87 bits per heavy atom. The topological polar surface area (TPSA) is 73.1 Å². The molecule has 2 aromatic rings. The Bertz CT molecular complexity index is 672. The fraction of sp³-hybridized carbons (Fsp3) is 0.500. The van der Waals surface area contributed by atoms with E-state index in [1.807, 2.05) is 45.0 Å². The van der Waals surface area contributed by atoms with Crippen LogP contribution in [0.15, 0.2) is 24.3 Å². The summed E-state index contributed by atoms with van der Waals surface area (Å²) in [6.45, 7) is 7.26. The molecule has 122 valence electrons. The van der Waals surface area contributed by atoms with Gasteiger partial charge >= 0.3 is 0 Å². The number of carbonyl (C=O) groups is 1. The van der Waals surface area contributed by atoms with E-state index in [-0.39, 0.29) is 24.7 Å². The normalized spacial score (nSPS) is 21.4. The number of aromatic nitrogens is 4. The predicted molar refractivity (Wildman–Crippen MR) is 84.6 cm³/mol. The van der Waals surface area contributed by atoms with E-state index in [1.54, 1.807) is 4.90 Å². The fourth-order valence-corrected chi connectivity index (χ4v) is 2.73. The zero-order valence-electron chi connectivity index (χ0n) is 13.6. The molecule has 1 aromatic heterocycles. The number of rotatable bonds is 3. The number of hydrogen-bond donors (Lipinski definition) is 0. The molecule has 1 fully saturated rings. The van der Waals surface area contributed by atoms with Crippen LogP contribution in [0.1, 0.15) is 19.4 Å². The lowest BCUT2D eigenvalue weighted by atomic mass is 10.1. The molecule has 0 N–H and O–H groups in total. The molecular weight excluding hydrogens is 294 g/mol. The highest BCUT2D eigenvalue weighted by atomic mass is 16.5. The van der Waals surface area contributed by atoms with E-state index in [4.69, 9.17) is 4.74 Å². The summed E-state index contributed by atoms with van der Waals surface area (Å²) in [6, 6.07) is 7.89. The van der Waals surface area contributed by atoms with Crippen molar-refractivity contribution < 1.29 is 9.53 Å². The number of tetrazole rings is 1. The number of hydrogen-bond acceptors (Lipinski definition) is 5. The predicted octanol–water partition coefficient (Wildman–Crippen LogP) is 1.28. The summed E-state index contributed by atoms with van der Waals surface area (Å²) < 4.78 is 5.64. The number of nitrogens with zero attached hydrogens (tertiary/aromatic N) is 5. The number of carbonyl (C=O) groups excluding carboxylic acids is 1. The summed E-state index contributed by atoms with van der Waals surface area (Å²) in [5.74, 6) is 0.515. The van der Waals surface area contributed by atoms with Crippen LogP contribution in [0.3, 0.4) is 0 Å². The highest BCUT2D eigenvalue weighted by molar-refractivity contribution is 5.76. The van der Waals surface area contributed by atoms with Crippen molar-refractivity contribution >= 4 is 5.91 Å². The number of benzene rings is 1. The Balaban J connectivity index is 1.66. The molecule has 1 saturated heterocycles. The molecule has 0 bridgehead atoms. The van der Waals surface area contributed by atoms with Crippen molar-refractivity contribution in [2.75, 3.05) is 13.1 Å². The van der Waals surface area contributed by atoms with Crippen LogP contribution in [0.2, 0.25) is 0 Å². The first-order valence-electron chi connectivity index (χ1n) is 7.79. The third kappa shape index (κ3) is 3.73. The van der Waals surface area contributed by atoms with Gasteiger partial charge in [-0.25, -0.2) is 0 Å². The third-order valence-electron chi connectivity index (χ3n) is 3.81. The Morgan fingerprint density at radius 1 is 1.22 bits per heavy atom.